The van der Waals surface area contributed by atoms with Crippen LogP contribution in [0.1, 0.15) is 33.3 Å². The van der Waals surface area contributed by atoms with Gasteiger partial charge in [0.2, 0.25) is 5.95 Å². The first kappa shape index (κ1) is 22.0. The smallest absolute Gasteiger partial charge is 0.226 e. The topological polar surface area (TPSA) is 70.9 Å². The van der Waals surface area contributed by atoms with Crippen LogP contribution >= 0.6 is 0 Å². The summed E-state index contributed by atoms with van der Waals surface area (Å²) in [6.07, 6.45) is 1.81. The van der Waals surface area contributed by atoms with E-state index in [1.165, 1.54) is 5.56 Å². The molecule has 7 heteroatoms. The number of nitrogens with one attached hydrogen (secondary N) is 2. The molecule has 0 atom stereocenters. The van der Waals surface area contributed by atoms with Crippen LogP contribution in [0.25, 0.3) is 11.0 Å². The fourth-order valence-corrected chi connectivity index (χ4v) is 3.67. The molecule has 2 aromatic heterocycles. The summed E-state index contributed by atoms with van der Waals surface area (Å²) in [4.78, 5) is 12.0. The number of benzene rings is 1. The highest BCUT2D eigenvalue weighted by atomic mass is 15.3. The van der Waals surface area contributed by atoms with Gasteiger partial charge < -0.3 is 15.5 Å². The average Bonchev–Trinajstić information content (AvgIpc) is 3.02. The van der Waals surface area contributed by atoms with Crippen LogP contribution in [0.2, 0.25) is 0 Å². The highest BCUT2D eigenvalue weighted by Crippen LogP contribution is 2.25. The molecule has 0 saturated heterocycles. The van der Waals surface area contributed by atoms with Crippen LogP contribution in [0.5, 0.6) is 0 Å². The van der Waals surface area contributed by atoms with Gasteiger partial charge in [-0.2, -0.15) is 15.1 Å². The van der Waals surface area contributed by atoms with Crippen LogP contribution in [0, 0.1) is 18.8 Å². The lowest BCUT2D eigenvalue weighted by atomic mass is 10.1. The van der Waals surface area contributed by atoms with Gasteiger partial charge in [-0.15, -0.1) is 0 Å². The third-order valence-corrected chi connectivity index (χ3v) is 4.83. The molecule has 7 nitrogen and oxygen atoms in total. The second-order valence-electron chi connectivity index (χ2n) is 8.87. The molecule has 0 bridgehead atoms. The van der Waals surface area contributed by atoms with Crippen molar-refractivity contribution in [3.8, 4) is 0 Å². The third-order valence-electron chi connectivity index (χ3n) is 4.83. The summed E-state index contributed by atoms with van der Waals surface area (Å²) in [7, 11) is 1.91. The Labute approximate surface area is 179 Å². The molecular formula is C23H35N7. The zero-order valence-corrected chi connectivity index (χ0v) is 19.1. The maximum Gasteiger partial charge on any atom is 0.226 e. The molecular weight excluding hydrogens is 374 g/mol. The van der Waals surface area contributed by atoms with Crippen molar-refractivity contribution in [2.75, 3.05) is 36.8 Å². The highest BCUT2D eigenvalue weighted by Gasteiger charge is 2.13. The summed E-state index contributed by atoms with van der Waals surface area (Å²) in [6, 6.07) is 8.27. The van der Waals surface area contributed by atoms with E-state index < -0.39 is 0 Å². The minimum Gasteiger partial charge on any atom is -0.353 e. The maximum atomic E-state index is 4.75. The van der Waals surface area contributed by atoms with Crippen LogP contribution in [0.3, 0.4) is 0 Å². The zero-order valence-electron chi connectivity index (χ0n) is 19.1. The SMILES string of the molecule is Cc1cccc(Nc2nc(NCCN(CC(C)C)CC(C)C)nc3c2cnn3C)c1. The molecule has 0 unspecified atom stereocenters. The Morgan fingerprint density at radius 1 is 1.07 bits per heavy atom. The fourth-order valence-electron chi connectivity index (χ4n) is 3.67. The predicted octanol–water partition coefficient (Wildman–Crippen LogP) is 4.44. The molecule has 0 aliphatic rings. The van der Waals surface area contributed by atoms with Gasteiger partial charge in [0, 0.05) is 38.9 Å². The molecule has 0 aliphatic carbocycles. The quantitative estimate of drug-likeness (QED) is 0.516. The second-order valence-corrected chi connectivity index (χ2v) is 8.87. The number of anilines is 3. The van der Waals surface area contributed by atoms with Gasteiger partial charge in [-0.1, -0.05) is 39.8 Å². The van der Waals surface area contributed by atoms with Crippen molar-refractivity contribution >= 4 is 28.5 Å². The summed E-state index contributed by atoms with van der Waals surface area (Å²) < 4.78 is 1.79. The third kappa shape index (κ3) is 5.92. The van der Waals surface area contributed by atoms with Gasteiger partial charge >= 0.3 is 0 Å². The van der Waals surface area contributed by atoms with Crippen molar-refractivity contribution < 1.29 is 0 Å². The molecule has 2 heterocycles. The largest absolute Gasteiger partial charge is 0.353 e. The predicted molar refractivity (Wildman–Crippen MR) is 125 cm³/mol. The number of fused-ring (bicyclic) bond motifs is 1. The van der Waals surface area contributed by atoms with Crippen LogP contribution in [-0.4, -0.2) is 50.8 Å². The molecule has 0 fully saturated rings. The van der Waals surface area contributed by atoms with E-state index in [9.17, 15) is 0 Å². The Kier molecular flexibility index (Phi) is 7.26. The van der Waals surface area contributed by atoms with Crippen molar-refractivity contribution in [3.63, 3.8) is 0 Å². The minimum absolute atomic E-state index is 0.621. The molecule has 0 spiro atoms. The first-order valence-corrected chi connectivity index (χ1v) is 10.8. The number of hydrogen-bond donors (Lipinski definition) is 2. The van der Waals surface area contributed by atoms with Gasteiger partial charge in [0.15, 0.2) is 5.65 Å². The van der Waals surface area contributed by atoms with Crippen molar-refractivity contribution in [1.29, 1.82) is 0 Å². The molecule has 3 aromatic rings. The lowest BCUT2D eigenvalue weighted by Crippen LogP contribution is -2.35. The van der Waals surface area contributed by atoms with E-state index in [1.807, 2.05) is 25.4 Å². The van der Waals surface area contributed by atoms with E-state index in [1.54, 1.807) is 4.68 Å². The summed E-state index contributed by atoms with van der Waals surface area (Å²) >= 11 is 0. The molecule has 2 N–H and O–H groups in total. The summed E-state index contributed by atoms with van der Waals surface area (Å²) in [5.41, 5.74) is 3.01. The van der Waals surface area contributed by atoms with Gasteiger partial charge in [-0.25, -0.2) is 0 Å². The zero-order chi connectivity index (χ0) is 21.7. The van der Waals surface area contributed by atoms with Gasteiger partial charge in [0.1, 0.15) is 5.82 Å². The van der Waals surface area contributed by atoms with Crippen molar-refractivity contribution in [1.82, 2.24) is 24.6 Å². The van der Waals surface area contributed by atoms with Gasteiger partial charge in [0.05, 0.1) is 11.6 Å². The number of hydrogen-bond acceptors (Lipinski definition) is 6. The number of aromatic nitrogens is 4. The lowest BCUT2D eigenvalue weighted by Gasteiger charge is -2.26. The average molecular weight is 410 g/mol. The molecule has 0 aliphatic heterocycles. The maximum absolute atomic E-state index is 4.75. The van der Waals surface area contributed by atoms with E-state index in [2.05, 4.69) is 67.4 Å². The first-order chi connectivity index (χ1) is 14.3. The molecule has 162 valence electrons. The van der Waals surface area contributed by atoms with E-state index in [0.717, 1.165) is 48.7 Å². The molecule has 3 rings (SSSR count). The summed E-state index contributed by atoms with van der Waals surface area (Å²) in [5.74, 6) is 2.68. The van der Waals surface area contributed by atoms with E-state index in [4.69, 9.17) is 9.97 Å². The number of rotatable bonds is 10. The Morgan fingerprint density at radius 3 is 2.47 bits per heavy atom. The van der Waals surface area contributed by atoms with E-state index in [0.29, 0.717) is 17.8 Å². The van der Waals surface area contributed by atoms with Crippen LogP contribution in [-0.2, 0) is 7.05 Å². The Morgan fingerprint density at radius 2 is 1.80 bits per heavy atom. The Bertz CT molecular complexity index is 951. The number of aryl methyl sites for hydroxylation is 2. The van der Waals surface area contributed by atoms with Crippen molar-refractivity contribution in [3.05, 3.63) is 36.0 Å². The summed E-state index contributed by atoms with van der Waals surface area (Å²) in [5, 5.41) is 12.1. The second kappa shape index (κ2) is 9.89. The molecule has 1 aromatic carbocycles. The minimum atomic E-state index is 0.621. The van der Waals surface area contributed by atoms with Crippen molar-refractivity contribution in [2.45, 2.75) is 34.6 Å². The Hall–Kier alpha value is -2.67. The fraction of sp³-hybridized carbons (Fsp3) is 0.522. The molecule has 0 amide bonds. The molecule has 0 saturated carbocycles. The normalized spacial score (nSPS) is 11.8. The highest BCUT2D eigenvalue weighted by molar-refractivity contribution is 5.89. The number of nitrogens with zero attached hydrogens (tertiary/aromatic N) is 5. The van der Waals surface area contributed by atoms with Crippen LogP contribution < -0.4 is 10.6 Å². The summed E-state index contributed by atoms with van der Waals surface area (Å²) in [6.45, 7) is 15.1. The van der Waals surface area contributed by atoms with E-state index in [-0.39, 0.29) is 0 Å². The monoisotopic (exact) mass is 409 g/mol. The lowest BCUT2D eigenvalue weighted by molar-refractivity contribution is 0.227. The van der Waals surface area contributed by atoms with Crippen LogP contribution in [0.15, 0.2) is 30.5 Å². The standard InChI is InChI=1S/C23H35N7/c1-16(2)14-30(15-17(3)4)11-10-24-23-27-21(20-13-25-29(6)22(20)28-23)26-19-9-7-8-18(5)12-19/h7-9,12-13,16-17H,10-11,14-15H2,1-6H3,(H2,24,26,27,28). The van der Waals surface area contributed by atoms with Crippen LogP contribution in [0.4, 0.5) is 17.5 Å². The van der Waals surface area contributed by atoms with Gasteiger partial charge in [0.25, 0.3) is 0 Å². The van der Waals surface area contributed by atoms with Crippen molar-refractivity contribution in [2.24, 2.45) is 18.9 Å². The van der Waals surface area contributed by atoms with Gasteiger partial charge in [-0.3, -0.25) is 4.68 Å². The Balaban J connectivity index is 1.76. The van der Waals surface area contributed by atoms with Gasteiger partial charge in [-0.05, 0) is 36.5 Å². The molecule has 30 heavy (non-hydrogen) atoms. The van der Waals surface area contributed by atoms with E-state index >= 15 is 0 Å². The first-order valence-electron chi connectivity index (χ1n) is 10.8. The molecule has 0 radical (unpaired) electrons.